The quantitative estimate of drug-likeness (QED) is 0.733. The van der Waals surface area contributed by atoms with Crippen LogP contribution in [-0.4, -0.2) is 46.4 Å². The maximum Gasteiger partial charge on any atom is 0.134 e. The van der Waals surface area contributed by atoms with Crippen molar-refractivity contribution in [2.45, 2.75) is 26.3 Å². The zero-order valence-corrected chi connectivity index (χ0v) is 15.7. The van der Waals surface area contributed by atoms with Crippen molar-refractivity contribution in [1.29, 1.82) is 0 Å². The molecule has 1 atom stereocenters. The van der Waals surface area contributed by atoms with E-state index in [0.717, 1.165) is 40.9 Å². The van der Waals surface area contributed by atoms with E-state index in [1.165, 1.54) is 6.33 Å². The van der Waals surface area contributed by atoms with Crippen LogP contribution in [0.4, 0.5) is 11.6 Å². The average Bonchev–Trinajstić information content (AvgIpc) is 2.63. The smallest absolute Gasteiger partial charge is 0.134 e. The first kappa shape index (κ1) is 17.5. The standard InChI is InChI=1S/C20H23N5O2/c1-11-4-5-15(26)12(2)17(11)19-18-14(20(21)23-10-22-18)8-16(24-19)25-7-6-13(25)9-27-3/h4-5,8,10,13,26H,6-7,9H2,1-3H3,(H2,21,22,23)/t13-/m0/s1. The molecule has 0 saturated carbocycles. The summed E-state index contributed by atoms with van der Waals surface area (Å²) in [6.07, 6.45) is 2.52. The number of fused-ring (bicyclic) bond motifs is 1. The molecule has 3 heterocycles. The molecule has 7 heteroatoms. The number of methoxy groups -OCH3 is 1. The van der Waals surface area contributed by atoms with E-state index in [-0.39, 0.29) is 5.75 Å². The normalized spacial score (nSPS) is 16.6. The van der Waals surface area contributed by atoms with Gasteiger partial charge in [-0.15, -0.1) is 0 Å². The van der Waals surface area contributed by atoms with Crippen LogP contribution >= 0.6 is 0 Å². The van der Waals surface area contributed by atoms with E-state index in [9.17, 15) is 5.11 Å². The molecule has 1 aromatic carbocycles. The Balaban J connectivity index is 1.98. The number of ether oxygens (including phenoxy) is 1. The van der Waals surface area contributed by atoms with Crippen molar-refractivity contribution in [3.63, 3.8) is 0 Å². The summed E-state index contributed by atoms with van der Waals surface area (Å²) in [5.41, 5.74) is 10.2. The minimum atomic E-state index is 0.235. The van der Waals surface area contributed by atoms with Crippen molar-refractivity contribution in [2.24, 2.45) is 0 Å². The molecule has 140 valence electrons. The number of pyridine rings is 1. The maximum atomic E-state index is 10.2. The number of nitrogens with two attached hydrogens (primary N) is 1. The summed E-state index contributed by atoms with van der Waals surface area (Å²) in [6.45, 7) is 5.46. The lowest BCUT2D eigenvalue weighted by Crippen LogP contribution is -2.50. The van der Waals surface area contributed by atoms with E-state index in [1.54, 1.807) is 13.2 Å². The van der Waals surface area contributed by atoms with E-state index >= 15 is 0 Å². The van der Waals surface area contributed by atoms with Gasteiger partial charge in [0.1, 0.15) is 29.2 Å². The van der Waals surface area contributed by atoms with Gasteiger partial charge in [-0.05, 0) is 38.0 Å². The van der Waals surface area contributed by atoms with Gasteiger partial charge in [-0.2, -0.15) is 0 Å². The van der Waals surface area contributed by atoms with Crippen LogP contribution in [0, 0.1) is 13.8 Å². The van der Waals surface area contributed by atoms with Gasteiger partial charge in [-0.25, -0.2) is 15.0 Å². The summed E-state index contributed by atoms with van der Waals surface area (Å²) in [7, 11) is 1.71. The van der Waals surface area contributed by atoms with Gasteiger partial charge in [0.15, 0.2) is 0 Å². The predicted molar refractivity (Wildman–Crippen MR) is 106 cm³/mol. The second-order valence-electron chi connectivity index (χ2n) is 6.98. The van der Waals surface area contributed by atoms with Crippen molar-refractivity contribution in [3.8, 4) is 17.0 Å². The number of aromatic nitrogens is 3. The minimum absolute atomic E-state index is 0.235. The molecule has 0 spiro atoms. The molecule has 0 bridgehead atoms. The van der Waals surface area contributed by atoms with Crippen molar-refractivity contribution in [2.75, 3.05) is 30.9 Å². The molecule has 1 fully saturated rings. The Morgan fingerprint density at radius 1 is 1.30 bits per heavy atom. The van der Waals surface area contributed by atoms with Crippen LogP contribution in [0.5, 0.6) is 5.75 Å². The number of anilines is 2. The summed E-state index contributed by atoms with van der Waals surface area (Å²) in [6, 6.07) is 5.83. The van der Waals surface area contributed by atoms with E-state index in [2.05, 4.69) is 14.9 Å². The zero-order valence-electron chi connectivity index (χ0n) is 15.7. The van der Waals surface area contributed by atoms with Crippen LogP contribution < -0.4 is 10.6 Å². The molecule has 3 N–H and O–H groups in total. The third-order valence-corrected chi connectivity index (χ3v) is 5.32. The maximum absolute atomic E-state index is 10.2. The zero-order chi connectivity index (χ0) is 19.1. The highest BCUT2D eigenvalue weighted by atomic mass is 16.5. The molecular weight excluding hydrogens is 342 g/mol. The van der Waals surface area contributed by atoms with E-state index in [1.807, 2.05) is 26.0 Å². The predicted octanol–water partition coefficient (Wildman–Crippen LogP) is 2.82. The number of hydrogen-bond acceptors (Lipinski definition) is 7. The lowest BCUT2D eigenvalue weighted by Gasteiger charge is -2.41. The number of benzene rings is 1. The van der Waals surface area contributed by atoms with Gasteiger partial charge in [0.25, 0.3) is 0 Å². The fourth-order valence-electron chi connectivity index (χ4n) is 3.70. The molecule has 0 unspecified atom stereocenters. The van der Waals surface area contributed by atoms with Gasteiger partial charge < -0.3 is 20.5 Å². The molecule has 1 aliphatic rings. The topological polar surface area (TPSA) is 97.4 Å². The first-order chi connectivity index (χ1) is 13.0. The Kier molecular flexibility index (Phi) is 4.31. The molecule has 27 heavy (non-hydrogen) atoms. The number of phenols is 1. The van der Waals surface area contributed by atoms with Crippen LogP contribution in [0.3, 0.4) is 0 Å². The number of aromatic hydroxyl groups is 1. The van der Waals surface area contributed by atoms with Crippen LogP contribution in [0.1, 0.15) is 17.5 Å². The van der Waals surface area contributed by atoms with E-state index in [0.29, 0.717) is 29.7 Å². The second-order valence-corrected chi connectivity index (χ2v) is 6.98. The highest BCUT2D eigenvalue weighted by molar-refractivity contribution is 5.99. The van der Waals surface area contributed by atoms with Crippen molar-refractivity contribution in [1.82, 2.24) is 15.0 Å². The molecule has 0 aliphatic carbocycles. The first-order valence-electron chi connectivity index (χ1n) is 8.97. The van der Waals surface area contributed by atoms with Crippen molar-refractivity contribution >= 4 is 22.5 Å². The molecular formula is C20H23N5O2. The average molecular weight is 365 g/mol. The molecule has 2 aromatic heterocycles. The SMILES string of the molecule is COC[C@@H]1CCN1c1cc2c(N)ncnc2c(-c2c(C)ccc(O)c2C)n1. The third-order valence-electron chi connectivity index (χ3n) is 5.32. The summed E-state index contributed by atoms with van der Waals surface area (Å²) >= 11 is 0. The third kappa shape index (κ3) is 2.84. The lowest BCUT2D eigenvalue weighted by molar-refractivity contribution is 0.156. The molecule has 4 rings (SSSR count). The van der Waals surface area contributed by atoms with Gasteiger partial charge in [-0.3, -0.25) is 0 Å². The van der Waals surface area contributed by atoms with Gasteiger partial charge in [0.05, 0.1) is 18.3 Å². The largest absolute Gasteiger partial charge is 0.508 e. The number of aryl methyl sites for hydroxylation is 1. The van der Waals surface area contributed by atoms with Gasteiger partial charge in [-0.1, -0.05) is 6.07 Å². The van der Waals surface area contributed by atoms with Crippen LogP contribution in [0.25, 0.3) is 22.2 Å². The van der Waals surface area contributed by atoms with Gasteiger partial charge in [0.2, 0.25) is 0 Å². The first-order valence-corrected chi connectivity index (χ1v) is 8.97. The monoisotopic (exact) mass is 365 g/mol. The Bertz CT molecular complexity index is 1020. The molecule has 0 amide bonds. The molecule has 3 aromatic rings. The number of nitrogens with zero attached hydrogens (tertiary/aromatic N) is 4. The van der Waals surface area contributed by atoms with Crippen LogP contribution in [0.2, 0.25) is 0 Å². The summed E-state index contributed by atoms with van der Waals surface area (Å²) < 4.78 is 5.33. The Hall–Kier alpha value is -2.93. The molecule has 1 aliphatic heterocycles. The van der Waals surface area contributed by atoms with Gasteiger partial charge >= 0.3 is 0 Å². The molecule has 1 saturated heterocycles. The van der Waals surface area contributed by atoms with Crippen LogP contribution in [0.15, 0.2) is 24.5 Å². The van der Waals surface area contributed by atoms with E-state index < -0.39 is 0 Å². The fourth-order valence-corrected chi connectivity index (χ4v) is 3.70. The minimum Gasteiger partial charge on any atom is -0.508 e. The number of phenolic OH excluding ortho intramolecular Hbond substituents is 1. The highest BCUT2D eigenvalue weighted by Crippen LogP contribution is 2.38. The fraction of sp³-hybridized carbons (Fsp3) is 0.350. The Labute approximate surface area is 157 Å². The summed E-state index contributed by atoms with van der Waals surface area (Å²) in [5, 5.41) is 11.0. The Morgan fingerprint density at radius 2 is 2.11 bits per heavy atom. The van der Waals surface area contributed by atoms with Crippen molar-refractivity contribution < 1.29 is 9.84 Å². The molecule has 0 radical (unpaired) electrons. The second kappa shape index (κ2) is 6.66. The van der Waals surface area contributed by atoms with Gasteiger partial charge in [0, 0.05) is 30.2 Å². The van der Waals surface area contributed by atoms with Crippen LogP contribution in [-0.2, 0) is 4.74 Å². The highest BCUT2D eigenvalue weighted by Gasteiger charge is 2.30. The number of hydrogen-bond donors (Lipinski definition) is 2. The number of nitrogen functional groups attached to an aromatic ring is 1. The summed E-state index contributed by atoms with van der Waals surface area (Å²) in [4.78, 5) is 15.8. The molecule has 7 nitrogen and oxygen atoms in total. The number of rotatable bonds is 4. The Morgan fingerprint density at radius 3 is 2.81 bits per heavy atom. The lowest BCUT2D eigenvalue weighted by atomic mass is 9.96. The summed E-state index contributed by atoms with van der Waals surface area (Å²) in [5.74, 6) is 1.48. The van der Waals surface area contributed by atoms with E-state index in [4.69, 9.17) is 15.5 Å². The van der Waals surface area contributed by atoms with Crippen molar-refractivity contribution in [3.05, 3.63) is 35.7 Å².